The van der Waals surface area contributed by atoms with E-state index < -0.39 is 0 Å². The zero-order valence-electron chi connectivity index (χ0n) is 10.3. The van der Waals surface area contributed by atoms with Gasteiger partial charge in [-0.1, -0.05) is 13.3 Å². The summed E-state index contributed by atoms with van der Waals surface area (Å²) >= 11 is 3.41. The molecule has 2 heterocycles. The molecular weight excluding hydrogens is 278 g/mol. The monoisotopic (exact) mass is 297 g/mol. The van der Waals surface area contributed by atoms with Crippen LogP contribution in [0.1, 0.15) is 25.5 Å². The number of hydrogen-bond donors (Lipinski definition) is 1. The fourth-order valence-corrected chi connectivity index (χ4v) is 2.54. The van der Waals surface area contributed by atoms with E-state index in [1.165, 1.54) is 12.8 Å². The molecular formula is C13H20BrN3. The van der Waals surface area contributed by atoms with Crippen LogP contribution < -0.4 is 5.32 Å². The molecule has 2 rings (SSSR count). The SMILES string of the molecule is CCCC1CN(Cc2ccc(Br)cn2)CCN1. The van der Waals surface area contributed by atoms with Crippen LogP contribution in [0.2, 0.25) is 0 Å². The second-order valence-electron chi connectivity index (χ2n) is 4.64. The molecule has 1 atom stereocenters. The van der Waals surface area contributed by atoms with Gasteiger partial charge in [-0.2, -0.15) is 0 Å². The van der Waals surface area contributed by atoms with Gasteiger partial charge in [-0.3, -0.25) is 9.88 Å². The van der Waals surface area contributed by atoms with Crippen molar-refractivity contribution in [1.82, 2.24) is 15.2 Å². The van der Waals surface area contributed by atoms with Gasteiger partial charge in [0.05, 0.1) is 5.69 Å². The van der Waals surface area contributed by atoms with Crippen molar-refractivity contribution in [2.24, 2.45) is 0 Å². The fourth-order valence-electron chi connectivity index (χ4n) is 2.31. The van der Waals surface area contributed by atoms with Crippen LogP contribution in [0.25, 0.3) is 0 Å². The molecule has 94 valence electrons. The number of nitrogens with one attached hydrogen (secondary N) is 1. The van der Waals surface area contributed by atoms with Crippen molar-refractivity contribution < 1.29 is 0 Å². The van der Waals surface area contributed by atoms with Crippen molar-refractivity contribution in [1.29, 1.82) is 0 Å². The van der Waals surface area contributed by atoms with E-state index >= 15 is 0 Å². The summed E-state index contributed by atoms with van der Waals surface area (Å²) in [5.74, 6) is 0. The largest absolute Gasteiger partial charge is 0.311 e. The van der Waals surface area contributed by atoms with Crippen LogP contribution >= 0.6 is 15.9 Å². The van der Waals surface area contributed by atoms with Gasteiger partial charge in [-0.05, 0) is 34.5 Å². The number of piperazine rings is 1. The molecule has 1 aliphatic heterocycles. The van der Waals surface area contributed by atoms with E-state index in [9.17, 15) is 0 Å². The lowest BCUT2D eigenvalue weighted by Crippen LogP contribution is -2.50. The van der Waals surface area contributed by atoms with E-state index in [1.807, 2.05) is 6.20 Å². The van der Waals surface area contributed by atoms with Crippen LogP contribution in [0, 0.1) is 0 Å². The molecule has 1 saturated heterocycles. The Morgan fingerprint density at radius 2 is 2.41 bits per heavy atom. The first-order chi connectivity index (χ1) is 8.28. The van der Waals surface area contributed by atoms with Gasteiger partial charge in [0.15, 0.2) is 0 Å². The minimum Gasteiger partial charge on any atom is -0.311 e. The van der Waals surface area contributed by atoms with Gasteiger partial charge in [-0.25, -0.2) is 0 Å². The molecule has 0 bridgehead atoms. The van der Waals surface area contributed by atoms with Gasteiger partial charge in [-0.15, -0.1) is 0 Å². The zero-order valence-corrected chi connectivity index (χ0v) is 11.9. The summed E-state index contributed by atoms with van der Waals surface area (Å²) in [6, 6.07) is 4.82. The van der Waals surface area contributed by atoms with Crippen molar-refractivity contribution in [3.8, 4) is 0 Å². The van der Waals surface area contributed by atoms with E-state index in [2.05, 4.69) is 50.2 Å². The number of nitrogens with zero attached hydrogens (tertiary/aromatic N) is 2. The summed E-state index contributed by atoms with van der Waals surface area (Å²) in [5.41, 5.74) is 1.16. The molecule has 0 aliphatic carbocycles. The number of hydrogen-bond acceptors (Lipinski definition) is 3. The Bertz CT molecular complexity index is 337. The van der Waals surface area contributed by atoms with E-state index in [-0.39, 0.29) is 0 Å². The van der Waals surface area contributed by atoms with E-state index in [0.717, 1.165) is 36.3 Å². The third-order valence-corrected chi connectivity index (χ3v) is 3.62. The Morgan fingerprint density at radius 1 is 1.53 bits per heavy atom. The van der Waals surface area contributed by atoms with Gasteiger partial charge in [0.1, 0.15) is 0 Å². The Kier molecular flexibility index (Phi) is 4.95. The predicted octanol–water partition coefficient (Wildman–Crippen LogP) is 2.42. The highest BCUT2D eigenvalue weighted by Crippen LogP contribution is 2.11. The lowest BCUT2D eigenvalue weighted by molar-refractivity contribution is 0.185. The lowest BCUT2D eigenvalue weighted by atomic mass is 10.1. The highest BCUT2D eigenvalue weighted by Gasteiger charge is 2.18. The maximum absolute atomic E-state index is 4.43. The minimum absolute atomic E-state index is 0.657. The van der Waals surface area contributed by atoms with E-state index in [1.54, 1.807) is 0 Å². The molecule has 1 aromatic heterocycles. The summed E-state index contributed by atoms with van der Waals surface area (Å²) in [6.07, 6.45) is 4.40. The average molecular weight is 298 g/mol. The molecule has 17 heavy (non-hydrogen) atoms. The maximum atomic E-state index is 4.43. The first-order valence-electron chi connectivity index (χ1n) is 6.34. The van der Waals surface area contributed by atoms with Crippen LogP contribution in [0.15, 0.2) is 22.8 Å². The first-order valence-corrected chi connectivity index (χ1v) is 7.13. The molecule has 0 spiro atoms. The molecule has 3 nitrogen and oxygen atoms in total. The summed E-state index contributed by atoms with van der Waals surface area (Å²) in [5, 5.41) is 3.58. The van der Waals surface area contributed by atoms with Crippen LogP contribution in [0.4, 0.5) is 0 Å². The molecule has 0 radical (unpaired) electrons. The molecule has 1 aromatic rings. The standard InChI is InChI=1S/C13H20BrN3/c1-2-3-12-9-17(7-6-15-12)10-13-5-4-11(14)8-16-13/h4-5,8,12,15H,2-3,6-7,9-10H2,1H3. The number of rotatable bonds is 4. The Balaban J connectivity index is 1.87. The normalized spacial score (nSPS) is 21.6. The van der Waals surface area contributed by atoms with Crippen molar-refractivity contribution in [2.45, 2.75) is 32.4 Å². The fraction of sp³-hybridized carbons (Fsp3) is 0.615. The Labute approximate surface area is 112 Å². The highest BCUT2D eigenvalue weighted by molar-refractivity contribution is 9.10. The smallest absolute Gasteiger partial charge is 0.0544 e. The second kappa shape index (κ2) is 6.47. The maximum Gasteiger partial charge on any atom is 0.0544 e. The molecule has 1 unspecified atom stereocenters. The average Bonchev–Trinajstić information content (AvgIpc) is 2.33. The second-order valence-corrected chi connectivity index (χ2v) is 5.56. The summed E-state index contributed by atoms with van der Waals surface area (Å²) < 4.78 is 1.05. The third-order valence-electron chi connectivity index (χ3n) is 3.15. The Morgan fingerprint density at radius 3 is 3.12 bits per heavy atom. The molecule has 0 amide bonds. The first kappa shape index (κ1) is 13.0. The van der Waals surface area contributed by atoms with Gasteiger partial charge >= 0.3 is 0 Å². The summed E-state index contributed by atoms with van der Waals surface area (Å²) in [4.78, 5) is 6.93. The van der Waals surface area contributed by atoms with Gasteiger partial charge in [0.25, 0.3) is 0 Å². The highest BCUT2D eigenvalue weighted by atomic mass is 79.9. The third kappa shape index (κ3) is 4.05. The van der Waals surface area contributed by atoms with Crippen molar-refractivity contribution >= 4 is 15.9 Å². The lowest BCUT2D eigenvalue weighted by Gasteiger charge is -2.33. The van der Waals surface area contributed by atoms with Gasteiger partial charge < -0.3 is 5.32 Å². The topological polar surface area (TPSA) is 28.2 Å². The summed E-state index contributed by atoms with van der Waals surface area (Å²) in [7, 11) is 0. The van der Waals surface area contributed by atoms with E-state index in [4.69, 9.17) is 0 Å². The van der Waals surface area contributed by atoms with Crippen LogP contribution in [-0.2, 0) is 6.54 Å². The molecule has 0 saturated carbocycles. The number of aromatic nitrogens is 1. The summed E-state index contributed by atoms with van der Waals surface area (Å²) in [6.45, 7) is 6.58. The zero-order chi connectivity index (χ0) is 12.1. The van der Waals surface area contributed by atoms with Crippen LogP contribution in [0.3, 0.4) is 0 Å². The quantitative estimate of drug-likeness (QED) is 0.925. The predicted molar refractivity (Wildman–Crippen MR) is 73.9 cm³/mol. The number of pyridine rings is 1. The molecule has 4 heteroatoms. The van der Waals surface area contributed by atoms with Crippen LogP contribution in [0.5, 0.6) is 0 Å². The minimum atomic E-state index is 0.657. The molecule has 1 fully saturated rings. The molecule has 0 aromatic carbocycles. The van der Waals surface area contributed by atoms with Gasteiger partial charge in [0.2, 0.25) is 0 Å². The Hall–Kier alpha value is -0.450. The van der Waals surface area contributed by atoms with Crippen molar-refractivity contribution in [3.05, 3.63) is 28.5 Å². The van der Waals surface area contributed by atoms with Crippen LogP contribution in [-0.4, -0.2) is 35.6 Å². The molecule has 1 N–H and O–H groups in total. The number of halogens is 1. The molecule has 1 aliphatic rings. The van der Waals surface area contributed by atoms with Gasteiger partial charge in [0, 0.05) is 42.9 Å². The van der Waals surface area contributed by atoms with E-state index in [0.29, 0.717) is 6.04 Å². The van der Waals surface area contributed by atoms with Crippen molar-refractivity contribution in [2.75, 3.05) is 19.6 Å². The van der Waals surface area contributed by atoms with Crippen molar-refractivity contribution in [3.63, 3.8) is 0 Å².